The van der Waals surface area contributed by atoms with Crippen LogP contribution in [0.5, 0.6) is 0 Å². The van der Waals surface area contributed by atoms with Crippen LogP contribution >= 0.6 is 11.3 Å². The summed E-state index contributed by atoms with van der Waals surface area (Å²) in [6.07, 6.45) is 2.15. The Morgan fingerprint density at radius 1 is 1.23 bits per heavy atom. The van der Waals surface area contributed by atoms with E-state index in [0.29, 0.717) is 29.4 Å². The van der Waals surface area contributed by atoms with Crippen LogP contribution in [0.4, 0.5) is 9.52 Å². The Morgan fingerprint density at radius 3 is 2.88 bits per heavy atom. The van der Waals surface area contributed by atoms with Crippen LogP contribution in [0.25, 0.3) is 11.3 Å². The van der Waals surface area contributed by atoms with Gasteiger partial charge in [-0.05, 0) is 30.7 Å². The molecule has 3 aromatic rings. The molecular weight excluding hydrogens is 357 g/mol. The van der Waals surface area contributed by atoms with E-state index in [4.69, 9.17) is 4.42 Å². The molecule has 0 aliphatic heterocycles. The van der Waals surface area contributed by atoms with Crippen molar-refractivity contribution in [3.8, 4) is 11.3 Å². The number of aromatic nitrogens is 1. The Labute approximate surface area is 153 Å². The summed E-state index contributed by atoms with van der Waals surface area (Å²) in [5.41, 5.74) is 1.26. The second-order valence-electron chi connectivity index (χ2n) is 5.43. The molecule has 134 valence electrons. The first-order chi connectivity index (χ1) is 12.6. The summed E-state index contributed by atoms with van der Waals surface area (Å²) in [4.78, 5) is 27.9. The first kappa shape index (κ1) is 17.8. The van der Waals surface area contributed by atoms with Gasteiger partial charge in [-0.1, -0.05) is 12.1 Å². The van der Waals surface area contributed by atoms with Crippen LogP contribution in [0.2, 0.25) is 0 Å². The van der Waals surface area contributed by atoms with Gasteiger partial charge in [-0.25, -0.2) is 9.37 Å². The molecule has 0 fully saturated rings. The number of halogens is 1. The van der Waals surface area contributed by atoms with Gasteiger partial charge in [0.15, 0.2) is 10.9 Å². The van der Waals surface area contributed by atoms with Crippen LogP contribution in [0, 0.1) is 5.82 Å². The summed E-state index contributed by atoms with van der Waals surface area (Å²) in [5, 5.41) is 7.59. The number of benzene rings is 1. The van der Waals surface area contributed by atoms with E-state index in [0.717, 1.165) is 0 Å². The molecule has 0 saturated carbocycles. The number of furan rings is 1. The summed E-state index contributed by atoms with van der Waals surface area (Å²) >= 11 is 1.27. The largest absolute Gasteiger partial charge is 0.459 e. The Hall–Kier alpha value is -3.00. The number of rotatable bonds is 7. The van der Waals surface area contributed by atoms with Gasteiger partial charge in [0.1, 0.15) is 5.82 Å². The molecule has 1 aromatic carbocycles. The highest BCUT2D eigenvalue weighted by Gasteiger charge is 2.10. The number of carbonyl (C=O) groups excluding carboxylic acids is 2. The summed E-state index contributed by atoms with van der Waals surface area (Å²) in [5.74, 6) is -0.604. The van der Waals surface area contributed by atoms with Crippen molar-refractivity contribution < 1.29 is 18.4 Å². The molecule has 0 radical (unpaired) electrons. The van der Waals surface area contributed by atoms with E-state index < -0.39 is 0 Å². The molecular formula is C18H16FN3O3S. The fourth-order valence-electron chi connectivity index (χ4n) is 2.24. The van der Waals surface area contributed by atoms with Gasteiger partial charge in [-0.2, -0.15) is 0 Å². The number of carbonyl (C=O) groups is 2. The van der Waals surface area contributed by atoms with Crippen LogP contribution in [0.15, 0.2) is 52.5 Å². The lowest BCUT2D eigenvalue weighted by Gasteiger charge is -2.03. The molecule has 0 aliphatic carbocycles. The summed E-state index contributed by atoms with van der Waals surface area (Å²) in [7, 11) is 0. The number of hydrogen-bond acceptors (Lipinski definition) is 5. The maximum atomic E-state index is 13.3. The van der Waals surface area contributed by atoms with Gasteiger partial charge in [-0.3, -0.25) is 9.59 Å². The van der Waals surface area contributed by atoms with E-state index >= 15 is 0 Å². The lowest BCUT2D eigenvalue weighted by molar-refractivity contribution is -0.116. The molecule has 8 heteroatoms. The minimum atomic E-state index is -0.335. The van der Waals surface area contributed by atoms with E-state index in [2.05, 4.69) is 15.6 Å². The summed E-state index contributed by atoms with van der Waals surface area (Å²) in [6.45, 7) is 0.360. The molecule has 2 amide bonds. The van der Waals surface area contributed by atoms with Crippen molar-refractivity contribution in [3.05, 3.63) is 59.6 Å². The van der Waals surface area contributed by atoms with Gasteiger partial charge in [0, 0.05) is 23.9 Å². The first-order valence-corrected chi connectivity index (χ1v) is 8.83. The molecule has 0 unspecified atom stereocenters. The molecule has 0 bridgehead atoms. The van der Waals surface area contributed by atoms with Gasteiger partial charge >= 0.3 is 0 Å². The van der Waals surface area contributed by atoms with Crippen molar-refractivity contribution in [2.75, 3.05) is 11.9 Å². The standard InChI is InChI=1S/C18H16FN3O3S/c19-13-5-1-4-12(10-13)14-11-26-18(21-14)22-16(23)7-2-8-20-17(24)15-6-3-9-25-15/h1,3-6,9-11H,2,7-8H2,(H,20,24)(H,21,22,23). The van der Waals surface area contributed by atoms with Crippen LogP contribution < -0.4 is 10.6 Å². The number of nitrogens with one attached hydrogen (secondary N) is 2. The minimum absolute atomic E-state index is 0.197. The van der Waals surface area contributed by atoms with E-state index in [1.165, 1.54) is 29.7 Å². The molecule has 26 heavy (non-hydrogen) atoms. The smallest absolute Gasteiger partial charge is 0.286 e. The Bertz CT molecular complexity index is 893. The Kier molecular flexibility index (Phi) is 5.75. The Morgan fingerprint density at radius 2 is 2.12 bits per heavy atom. The fourth-order valence-corrected chi connectivity index (χ4v) is 2.97. The molecule has 2 aromatic heterocycles. The number of amides is 2. The van der Waals surface area contributed by atoms with E-state index in [9.17, 15) is 14.0 Å². The number of hydrogen-bond donors (Lipinski definition) is 2. The summed E-state index contributed by atoms with van der Waals surface area (Å²) < 4.78 is 18.2. The van der Waals surface area contributed by atoms with E-state index in [-0.39, 0.29) is 29.8 Å². The monoisotopic (exact) mass is 373 g/mol. The average Bonchev–Trinajstić information content (AvgIpc) is 3.30. The minimum Gasteiger partial charge on any atom is -0.459 e. The maximum absolute atomic E-state index is 13.3. The zero-order valence-electron chi connectivity index (χ0n) is 13.7. The molecule has 3 rings (SSSR count). The maximum Gasteiger partial charge on any atom is 0.286 e. The summed E-state index contributed by atoms with van der Waals surface area (Å²) in [6, 6.07) is 9.32. The third-order valence-corrected chi connectivity index (χ3v) is 4.24. The molecule has 2 heterocycles. The van der Waals surface area contributed by atoms with Crippen LogP contribution in [-0.4, -0.2) is 23.3 Å². The van der Waals surface area contributed by atoms with Crippen LogP contribution in [-0.2, 0) is 4.79 Å². The van der Waals surface area contributed by atoms with Gasteiger partial charge in [0.2, 0.25) is 5.91 Å². The molecule has 6 nitrogen and oxygen atoms in total. The zero-order chi connectivity index (χ0) is 18.4. The lowest BCUT2D eigenvalue weighted by Crippen LogP contribution is -2.25. The third kappa shape index (κ3) is 4.76. The highest BCUT2D eigenvalue weighted by Crippen LogP contribution is 2.25. The van der Waals surface area contributed by atoms with Crippen molar-refractivity contribution in [2.24, 2.45) is 0 Å². The highest BCUT2D eigenvalue weighted by molar-refractivity contribution is 7.14. The molecule has 0 atom stereocenters. The number of anilines is 1. The van der Waals surface area contributed by atoms with E-state index in [1.807, 2.05) is 0 Å². The Balaban J connectivity index is 1.43. The normalized spacial score (nSPS) is 10.5. The van der Waals surface area contributed by atoms with Gasteiger partial charge < -0.3 is 15.1 Å². The molecule has 0 aliphatic rings. The quantitative estimate of drug-likeness (QED) is 0.619. The van der Waals surface area contributed by atoms with Crippen molar-refractivity contribution in [3.63, 3.8) is 0 Å². The van der Waals surface area contributed by atoms with Crippen molar-refractivity contribution >= 4 is 28.3 Å². The zero-order valence-corrected chi connectivity index (χ0v) is 14.5. The van der Waals surface area contributed by atoms with Crippen molar-refractivity contribution in [2.45, 2.75) is 12.8 Å². The second kappa shape index (κ2) is 8.39. The van der Waals surface area contributed by atoms with Gasteiger partial charge in [0.25, 0.3) is 5.91 Å². The SMILES string of the molecule is O=C(CCCNC(=O)c1ccco1)Nc1nc(-c2cccc(F)c2)cs1. The molecule has 0 spiro atoms. The van der Waals surface area contributed by atoms with Crippen LogP contribution in [0.1, 0.15) is 23.4 Å². The van der Waals surface area contributed by atoms with Crippen molar-refractivity contribution in [1.29, 1.82) is 0 Å². The number of nitrogens with zero attached hydrogens (tertiary/aromatic N) is 1. The predicted octanol–water partition coefficient (Wildman–Crippen LogP) is 3.69. The van der Waals surface area contributed by atoms with Crippen molar-refractivity contribution in [1.82, 2.24) is 10.3 Å². The topological polar surface area (TPSA) is 84.2 Å². The second-order valence-corrected chi connectivity index (χ2v) is 6.29. The average molecular weight is 373 g/mol. The highest BCUT2D eigenvalue weighted by atomic mass is 32.1. The van der Waals surface area contributed by atoms with E-state index in [1.54, 1.807) is 29.6 Å². The lowest BCUT2D eigenvalue weighted by atomic mass is 10.2. The first-order valence-electron chi connectivity index (χ1n) is 7.95. The molecule has 0 saturated heterocycles. The third-order valence-electron chi connectivity index (χ3n) is 3.48. The fraction of sp³-hybridized carbons (Fsp3) is 0.167. The predicted molar refractivity (Wildman–Crippen MR) is 96.4 cm³/mol. The molecule has 2 N–H and O–H groups in total. The van der Waals surface area contributed by atoms with Gasteiger partial charge in [0.05, 0.1) is 12.0 Å². The van der Waals surface area contributed by atoms with Crippen LogP contribution in [0.3, 0.4) is 0 Å². The number of thiazole rings is 1. The van der Waals surface area contributed by atoms with Gasteiger partial charge in [-0.15, -0.1) is 11.3 Å².